The highest BCUT2D eigenvalue weighted by molar-refractivity contribution is 5.92. The van der Waals surface area contributed by atoms with Crippen LogP contribution in [0.25, 0.3) is 11.0 Å². The number of likely N-dealkylation sites (tertiary alicyclic amines) is 1. The van der Waals surface area contributed by atoms with Gasteiger partial charge in [0, 0.05) is 50.7 Å². The molecule has 5 rings (SSSR count). The Labute approximate surface area is 207 Å². The van der Waals surface area contributed by atoms with Gasteiger partial charge in [-0.2, -0.15) is 18.4 Å². The van der Waals surface area contributed by atoms with Gasteiger partial charge in [0.25, 0.3) is 0 Å². The Morgan fingerprint density at radius 2 is 1.75 bits per heavy atom. The summed E-state index contributed by atoms with van der Waals surface area (Å²) in [5.74, 6) is -3.53. The Hall–Kier alpha value is -2.97. The fourth-order valence-electron chi connectivity index (χ4n) is 5.87. The molecule has 2 aromatic rings. The first-order chi connectivity index (χ1) is 17.3. The van der Waals surface area contributed by atoms with Gasteiger partial charge in [0.2, 0.25) is 5.91 Å². The zero-order valence-electron chi connectivity index (χ0n) is 20.0. The minimum absolute atomic E-state index is 0.0680. The third-order valence-electron chi connectivity index (χ3n) is 7.84. The second kappa shape index (κ2) is 10.2. The van der Waals surface area contributed by atoms with Crippen LogP contribution in [0.4, 0.5) is 18.9 Å². The number of piperidine rings is 2. The van der Waals surface area contributed by atoms with Crippen molar-refractivity contribution in [1.82, 2.24) is 25.5 Å². The predicted octanol–water partition coefficient (Wildman–Crippen LogP) is 2.45. The number of hydrogen-bond donors (Lipinski definition) is 2. The topological polar surface area (TPSA) is 97.2 Å². The zero-order valence-corrected chi connectivity index (χ0v) is 20.0. The van der Waals surface area contributed by atoms with E-state index in [4.69, 9.17) is 0 Å². The van der Waals surface area contributed by atoms with E-state index >= 15 is 0 Å². The number of anilines is 1. The highest BCUT2D eigenvalue weighted by Gasteiger charge is 2.53. The van der Waals surface area contributed by atoms with Crippen molar-refractivity contribution < 1.29 is 18.0 Å². The number of amides is 1. The van der Waals surface area contributed by atoms with Crippen molar-refractivity contribution in [2.45, 2.75) is 43.9 Å². The molecule has 0 saturated carbocycles. The van der Waals surface area contributed by atoms with E-state index in [0.717, 1.165) is 51.9 Å². The molecule has 192 valence electrons. The Morgan fingerprint density at radius 1 is 1.06 bits per heavy atom. The summed E-state index contributed by atoms with van der Waals surface area (Å²) >= 11 is 0. The number of carbonyl (C=O) groups is 1. The van der Waals surface area contributed by atoms with E-state index in [-0.39, 0.29) is 19.1 Å². The van der Waals surface area contributed by atoms with Gasteiger partial charge in [0.1, 0.15) is 17.1 Å². The van der Waals surface area contributed by atoms with E-state index < -0.39 is 23.9 Å². The summed E-state index contributed by atoms with van der Waals surface area (Å²) in [7, 11) is 0. The smallest absolute Gasteiger partial charge is 0.368 e. The Kier molecular flexibility index (Phi) is 6.99. The molecule has 3 fully saturated rings. The quantitative estimate of drug-likeness (QED) is 0.664. The highest BCUT2D eigenvalue weighted by Crippen LogP contribution is 2.41. The van der Waals surface area contributed by atoms with Crippen LogP contribution in [0.3, 0.4) is 0 Å². The molecule has 0 bridgehead atoms. The van der Waals surface area contributed by atoms with Crippen molar-refractivity contribution in [3.05, 3.63) is 30.1 Å². The lowest BCUT2D eigenvalue weighted by atomic mass is 9.93. The molecule has 1 aromatic heterocycles. The van der Waals surface area contributed by atoms with Gasteiger partial charge in [-0.25, -0.2) is 0 Å². The van der Waals surface area contributed by atoms with Crippen LogP contribution in [0, 0.1) is 23.2 Å². The van der Waals surface area contributed by atoms with Crippen LogP contribution >= 0.6 is 0 Å². The number of aromatic nitrogens is 2. The summed E-state index contributed by atoms with van der Waals surface area (Å²) < 4.78 is 42.1. The number of alkyl halides is 3. The van der Waals surface area contributed by atoms with Crippen LogP contribution < -0.4 is 15.5 Å². The van der Waals surface area contributed by atoms with E-state index in [1.807, 2.05) is 6.07 Å². The van der Waals surface area contributed by atoms with E-state index in [1.165, 1.54) is 12.4 Å². The maximum absolute atomic E-state index is 14.0. The number of benzene rings is 1. The molecular weight excluding hydrogens is 471 g/mol. The number of nitrogens with one attached hydrogen (secondary N) is 2. The number of hydrogen-bond acceptors (Lipinski definition) is 7. The van der Waals surface area contributed by atoms with Crippen molar-refractivity contribution in [3.63, 3.8) is 0 Å². The highest BCUT2D eigenvalue weighted by atomic mass is 19.4. The van der Waals surface area contributed by atoms with Crippen LogP contribution in [0.1, 0.15) is 31.2 Å². The molecule has 0 spiro atoms. The molecule has 4 heterocycles. The van der Waals surface area contributed by atoms with Gasteiger partial charge in [0.15, 0.2) is 0 Å². The lowest BCUT2D eigenvalue weighted by Gasteiger charge is -2.39. The van der Waals surface area contributed by atoms with Gasteiger partial charge in [-0.05, 0) is 50.9 Å². The molecule has 1 unspecified atom stereocenters. The summed E-state index contributed by atoms with van der Waals surface area (Å²) in [5.41, 5.74) is 1.47. The minimum Gasteiger partial charge on any atom is -0.368 e. The van der Waals surface area contributed by atoms with E-state index in [1.54, 1.807) is 17.0 Å². The third-order valence-corrected chi connectivity index (χ3v) is 7.84. The number of halogens is 3. The molecule has 36 heavy (non-hydrogen) atoms. The number of nitrogens with zero attached hydrogens (tertiary/aromatic N) is 5. The molecule has 3 aliphatic rings. The molecule has 2 atom stereocenters. The molecular formula is C25H30F3N7O. The molecule has 3 aliphatic heterocycles. The van der Waals surface area contributed by atoms with Crippen molar-refractivity contribution in [3.8, 4) is 6.07 Å². The largest absolute Gasteiger partial charge is 0.394 e. The van der Waals surface area contributed by atoms with Crippen molar-refractivity contribution in [2.24, 2.45) is 11.8 Å². The SMILES string of the molecule is N#Cc1ccc(N2CC(C(F)(F)F)[C@@H](C(=O)NC3CCN(C4CCNCC4)CC3)C2)c2nccnc12. The molecule has 0 aliphatic carbocycles. The Morgan fingerprint density at radius 3 is 2.42 bits per heavy atom. The summed E-state index contributed by atoms with van der Waals surface area (Å²) in [6, 6.07) is 5.62. The fraction of sp³-hybridized carbons (Fsp3) is 0.600. The first-order valence-corrected chi connectivity index (χ1v) is 12.6. The van der Waals surface area contributed by atoms with Gasteiger partial charge < -0.3 is 20.4 Å². The minimum atomic E-state index is -4.51. The van der Waals surface area contributed by atoms with Gasteiger partial charge in [-0.15, -0.1) is 0 Å². The van der Waals surface area contributed by atoms with Gasteiger partial charge in [0.05, 0.1) is 23.1 Å². The van der Waals surface area contributed by atoms with E-state index in [0.29, 0.717) is 28.3 Å². The van der Waals surface area contributed by atoms with E-state index in [9.17, 15) is 23.2 Å². The second-order valence-corrected chi connectivity index (χ2v) is 9.96. The first-order valence-electron chi connectivity index (χ1n) is 12.6. The maximum Gasteiger partial charge on any atom is 0.394 e. The van der Waals surface area contributed by atoms with Crippen LogP contribution in [0.2, 0.25) is 0 Å². The molecule has 11 heteroatoms. The number of carbonyl (C=O) groups excluding carboxylic acids is 1. The normalized spacial score (nSPS) is 24.7. The second-order valence-electron chi connectivity index (χ2n) is 9.96. The molecule has 0 radical (unpaired) electrons. The standard InChI is InChI=1S/C25H30F3N7O/c26-25(27,28)20-15-35(21-2-1-16(13-29)22-23(21)32-10-9-31-22)14-19(20)24(36)33-17-5-11-34(12-6-17)18-3-7-30-8-4-18/h1-2,9-10,17-20,30H,3-8,11-12,14-15H2,(H,33,36)/t19-,20?/m0/s1. The summed E-state index contributed by atoms with van der Waals surface area (Å²) in [6.45, 7) is 3.32. The lowest BCUT2D eigenvalue weighted by molar-refractivity contribution is -0.182. The molecule has 2 N–H and O–H groups in total. The maximum atomic E-state index is 14.0. The Bertz CT molecular complexity index is 1140. The van der Waals surface area contributed by atoms with Crippen molar-refractivity contribution in [2.75, 3.05) is 44.2 Å². The van der Waals surface area contributed by atoms with Crippen molar-refractivity contribution >= 4 is 22.6 Å². The number of rotatable bonds is 4. The van der Waals surface area contributed by atoms with Crippen LogP contribution in [-0.4, -0.2) is 78.3 Å². The van der Waals surface area contributed by atoms with Gasteiger partial charge >= 0.3 is 6.18 Å². The third kappa shape index (κ3) is 4.97. The van der Waals surface area contributed by atoms with Crippen molar-refractivity contribution in [1.29, 1.82) is 5.26 Å². The summed E-state index contributed by atoms with van der Waals surface area (Å²) in [4.78, 5) is 25.7. The number of fused-ring (bicyclic) bond motifs is 1. The molecule has 8 nitrogen and oxygen atoms in total. The molecule has 3 saturated heterocycles. The summed E-state index contributed by atoms with van der Waals surface area (Å²) in [5, 5.41) is 15.7. The lowest BCUT2D eigenvalue weighted by Crippen LogP contribution is -2.52. The molecule has 1 amide bonds. The van der Waals surface area contributed by atoms with Crippen LogP contribution in [0.15, 0.2) is 24.5 Å². The van der Waals surface area contributed by atoms with Crippen LogP contribution in [0.5, 0.6) is 0 Å². The zero-order chi connectivity index (χ0) is 25.3. The summed E-state index contributed by atoms with van der Waals surface area (Å²) in [6.07, 6.45) is 2.10. The fourth-order valence-corrected chi connectivity index (χ4v) is 5.87. The average Bonchev–Trinajstić information content (AvgIpc) is 3.35. The average molecular weight is 502 g/mol. The monoisotopic (exact) mass is 501 g/mol. The first kappa shape index (κ1) is 24.7. The predicted molar refractivity (Wildman–Crippen MR) is 128 cm³/mol. The van der Waals surface area contributed by atoms with Gasteiger partial charge in [-0.1, -0.05) is 0 Å². The number of nitriles is 1. The van der Waals surface area contributed by atoms with Crippen LogP contribution in [-0.2, 0) is 4.79 Å². The Balaban J connectivity index is 1.29. The van der Waals surface area contributed by atoms with Gasteiger partial charge in [-0.3, -0.25) is 14.8 Å². The van der Waals surface area contributed by atoms with E-state index in [2.05, 4.69) is 25.5 Å². The molecule has 1 aromatic carbocycles.